The van der Waals surface area contributed by atoms with Crippen LogP contribution in [-0.4, -0.2) is 51.5 Å². The van der Waals surface area contributed by atoms with Gasteiger partial charge < -0.3 is 16.0 Å². The number of pyridine rings is 1. The topological polar surface area (TPSA) is 105 Å². The molecule has 1 rings (SSSR count). The Balaban J connectivity index is 2.71. The van der Waals surface area contributed by atoms with Crippen LogP contribution in [0.15, 0.2) is 18.3 Å². The molecular weight excluding hydrogens is 280 g/mol. The minimum Gasteiger partial charge on any atom is -0.361 e. The summed E-state index contributed by atoms with van der Waals surface area (Å²) < 4.78 is 22.1. The third-order valence-corrected chi connectivity index (χ3v) is 3.58. The second-order valence-electron chi connectivity index (χ2n) is 4.78. The van der Waals surface area contributed by atoms with E-state index in [1.165, 1.54) is 0 Å². The van der Waals surface area contributed by atoms with Gasteiger partial charge in [-0.3, -0.25) is 4.79 Å². The highest BCUT2D eigenvalue weighted by molar-refractivity contribution is 7.90. The van der Waals surface area contributed by atoms with Gasteiger partial charge in [0, 0.05) is 26.5 Å². The van der Waals surface area contributed by atoms with E-state index < -0.39 is 21.8 Å². The molecule has 0 spiro atoms. The van der Waals surface area contributed by atoms with Crippen molar-refractivity contribution >= 4 is 27.2 Å². The number of nitrogens with zero attached hydrogens (tertiary/aromatic N) is 2. The molecule has 0 saturated carbocycles. The van der Waals surface area contributed by atoms with Crippen LogP contribution in [0.2, 0.25) is 0 Å². The molecule has 0 bridgehead atoms. The van der Waals surface area contributed by atoms with Gasteiger partial charge in [-0.05, 0) is 18.6 Å². The van der Waals surface area contributed by atoms with Crippen molar-refractivity contribution in [2.45, 2.75) is 12.5 Å². The lowest BCUT2D eigenvalue weighted by molar-refractivity contribution is -0.117. The molecule has 7 nitrogen and oxygen atoms in total. The number of carbonyl (C=O) groups is 1. The summed E-state index contributed by atoms with van der Waals surface area (Å²) in [5, 5.41) is 2.66. The molecule has 112 valence electrons. The van der Waals surface area contributed by atoms with Crippen LogP contribution < -0.4 is 16.0 Å². The van der Waals surface area contributed by atoms with Gasteiger partial charge in [0.2, 0.25) is 5.91 Å². The molecule has 0 aliphatic rings. The van der Waals surface area contributed by atoms with Crippen molar-refractivity contribution < 1.29 is 13.2 Å². The molecule has 1 aromatic heterocycles. The lowest BCUT2D eigenvalue weighted by Gasteiger charge is -2.18. The summed E-state index contributed by atoms with van der Waals surface area (Å²) in [6, 6.07) is 2.54. The maximum absolute atomic E-state index is 11.9. The third-order valence-electron chi connectivity index (χ3n) is 2.60. The maximum Gasteiger partial charge on any atom is 0.241 e. The number of sulfone groups is 1. The van der Waals surface area contributed by atoms with Gasteiger partial charge in [0.25, 0.3) is 0 Å². The fraction of sp³-hybridized carbons (Fsp3) is 0.500. The van der Waals surface area contributed by atoms with E-state index in [0.717, 1.165) is 6.26 Å². The van der Waals surface area contributed by atoms with Crippen LogP contribution >= 0.6 is 0 Å². The fourth-order valence-electron chi connectivity index (χ4n) is 1.55. The van der Waals surface area contributed by atoms with Crippen LogP contribution in [0.5, 0.6) is 0 Å². The zero-order valence-electron chi connectivity index (χ0n) is 11.8. The first-order chi connectivity index (χ1) is 9.20. The Kier molecular flexibility index (Phi) is 5.46. The third kappa shape index (κ3) is 5.14. The Bertz CT molecular complexity index is 572. The predicted octanol–water partition coefficient (Wildman–Crippen LogP) is -0.152. The molecule has 1 aromatic rings. The van der Waals surface area contributed by atoms with Crippen LogP contribution in [-0.2, 0) is 14.6 Å². The molecule has 20 heavy (non-hydrogen) atoms. The van der Waals surface area contributed by atoms with E-state index in [2.05, 4.69) is 10.3 Å². The minimum absolute atomic E-state index is 0.0855. The average molecular weight is 300 g/mol. The van der Waals surface area contributed by atoms with Crippen LogP contribution in [0.3, 0.4) is 0 Å². The van der Waals surface area contributed by atoms with Crippen LogP contribution in [0.1, 0.15) is 6.42 Å². The number of rotatable bonds is 6. The molecule has 1 atom stereocenters. The summed E-state index contributed by atoms with van der Waals surface area (Å²) in [5.74, 6) is 0.0655. The van der Waals surface area contributed by atoms with Gasteiger partial charge in [0.1, 0.15) is 9.84 Å². The van der Waals surface area contributed by atoms with Gasteiger partial charge in [-0.1, -0.05) is 0 Å². The number of hydrogen-bond acceptors (Lipinski definition) is 6. The first-order valence-electron chi connectivity index (χ1n) is 6.07. The molecule has 1 amide bonds. The Morgan fingerprint density at radius 2 is 2.15 bits per heavy atom. The number of hydrogen-bond donors (Lipinski definition) is 2. The molecule has 0 saturated heterocycles. The second kappa shape index (κ2) is 6.67. The Morgan fingerprint density at radius 3 is 2.70 bits per heavy atom. The quantitative estimate of drug-likeness (QED) is 0.757. The highest BCUT2D eigenvalue weighted by atomic mass is 32.2. The zero-order chi connectivity index (χ0) is 15.3. The highest BCUT2D eigenvalue weighted by Gasteiger charge is 2.17. The van der Waals surface area contributed by atoms with E-state index in [1.807, 2.05) is 14.1 Å². The van der Waals surface area contributed by atoms with Gasteiger partial charge in [0.15, 0.2) is 5.82 Å². The number of anilines is 2. The first kappa shape index (κ1) is 16.4. The van der Waals surface area contributed by atoms with E-state index in [1.54, 1.807) is 23.2 Å². The van der Waals surface area contributed by atoms with Gasteiger partial charge >= 0.3 is 0 Å². The Hall–Kier alpha value is -1.67. The van der Waals surface area contributed by atoms with Crippen molar-refractivity contribution in [3.05, 3.63) is 18.3 Å². The van der Waals surface area contributed by atoms with Gasteiger partial charge in [-0.15, -0.1) is 0 Å². The molecule has 0 aliphatic heterocycles. The molecule has 0 aromatic carbocycles. The second-order valence-corrected chi connectivity index (χ2v) is 7.04. The molecular formula is C12H20N4O3S. The summed E-state index contributed by atoms with van der Waals surface area (Å²) in [6.45, 7) is 0. The summed E-state index contributed by atoms with van der Waals surface area (Å²) in [7, 11) is 0.486. The normalized spacial score (nSPS) is 12.8. The largest absolute Gasteiger partial charge is 0.361 e. The number of amides is 1. The number of nitrogens with two attached hydrogens (primary N) is 1. The smallest absolute Gasteiger partial charge is 0.241 e. The molecule has 3 N–H and O–H groups in total. The molecule has 8 heteroatoms. The van der Waals surface area contributed by atoms with E-state index in [4.69, 9.17) is 5.73 Å². The maximum atomic E-state index is 11.9. The van der Waals surface area contributed by atoms with E-state index in [0.29, 0.717) is 11.5 Å². The van der Waals surface area contributed by atoms with Crippen LogP contribution in [0.25, 0.3) is 0 Å². The monoisotopic (exact) mass is 300 g/mol. The molecule has 0 aliphatic carbocycles. The molecule has 1 unspecified atom stereocenters. The number of nitrogens with one attached hydrogen (secondary N) is 1. The molecule has 0 radical (unpaired) electrons. The fourth-order valence-corrected chi connectivity index (χ4v) is 2.23. The van der Waals surface area contributed by atoms with E-state index >= 15 is 0 Å². The van der Waals surface area contributed by atoms with Gasteiger partial charge in [-0.25, -0.2) is 13.4 Å². The summed E-state index contributed by atoms with van der Waals surface area (Å²) in [5.41, 5.74) is 6.23. The summed E-state index contributed by atoms with van der Waals surface area (Å²) in [6.07, 6.45) is 2.82. The van der Waals surface area contributed by atoms with E-state index in [-0.39, 0.29) is 12.2 Å². The van der Waals surface area contributed by atoms with Crippen molar-refractivity contribution in [3.8, 4) is 0 Å². The van der Waals surface area contributed by atoms with Crippen molar-refractivity contribution in [2.24, 2.45) is 5.73 Å². The number of carbonyl (C=O) groups excluding carboxylic acids is 1. The van der Waals surface area contributed by atoms with Crippen molar-refractivity contribution in [3.63, 3.8) is 0 Å². The predicted molar refractivity (Wildman–Crippen MR) is 79.5 cm³/mol. The standard InChI is InChI=1S/C12H20N4O3S/c1-16(2)11-10(5-4-7-14-11)15-12(17)9(13)6-8-20(3,18)19/h4-5,7,9H,6,8,13H2,1-3H3,(H,15,17). The van der Waals surface area contributed by atoms with Crippen molar-refractivity contribution in [1.82, 2.24) is 4.98 Å². The Morgan fingerprint density at radius 1 is 1.50 bits per heavy atom. The van der Waals surface area contributed by atoms with Crippen molar-refractivity contribution in [1.29, 1.82) is 0 Å². The van der Waals surface area contributed by atoms with Gasteiger partial charge in [0.05, 0.1) is 17.5 Å². The average Bonchev–Trinajstić information content (AvgIpc) is 2.35. The highest BCUT2D eigenvalue weighted by Crippen LogP contribution is 2.20. The summed E-state index contributed by atoms with van der Waals surface area (Å²) >= 11 is 0. The summed E-state index contributed by atoms with van der Waals surface area (Å²) in [4.78, 5) is 17.8. The van der Waals surface area contributed by atoms with Crippen LogP contribution in [0, 0.1) is 0 Å². The zero-order valence-corrected chi connectivity index (χ0v) is 12.6. The minimum atomic E-state index is -3.13. The van der Waals surface area contributed by atoms with Gasteiger partial charge in [-0.2, -0.15) is 0 Å². The lowest BCUT2D eigenvalue weighted by atomic mass is 10.2. The molecule has 1 heterocycles. The molecule has 0 fully saturated rings. The lowest BCUT2D eigenvalue weighted by Crippen LogP contribution is -2.37. The SMILES string of the molecule is CN(C)c1ncccc1NC(=O)C(N)CCS(C)(=O)=O. The first-order valence-corrected chi connectivity index (χ1v) is 8.13. The van der Waals surface area contributed by atoms with Crippen LogP contribution in [0.4, 0.5) is 11.5 Å². The number of aromatic nitrogens is 1. The Labute approximate surface area is 119 Å². The van der Waals surface area contributed by atoms with Crippen molar-refractivity contribution in [2.75, 3.05) is 36.3 Å². The van der Waals surface area contributed by atoms with E-state index in [9.17, 15) is 13.2 Å².